The summed E-state index contributed by atoms with van der Waals surface area (Å²) in [7, 11) is 1.67. The van der Waals surface area contributed by atoms with Crippen molar-refractivity contribution in [1.82, 2.24) is 20.0 Å². The fourth-order valence-corrected chi connectivity index (χ4v) is 3.51. The number of nitrogens with zero attached hydrogens (tertiary/aromatic N) is 3. The molecule has 0 amide bonds. The van der Waals surface area contributed by atoms with Gasteiger partial charge in [0.05, 0.1) is 21.6 Å². The van der Waals surface area contributed by atoms with Crippen LogP contribution in [0, 0.1) is 0 Å². The largest absolute Gasteiger partial charge is 0.386 e. The van der Waals surface area contributed by atoms with Gasteiger partial charge in [0.1, 0.15) is 11.8 Å². The van der Waals surface area contributed by atoms with E-state index in [1.807, 2.05) is 28.9 Å². The van der Waals surface area contributed by atoms with Gasteiger partial charge in [0.2, 0.25) is 0 Å². The van der Waals surface area contributed by atoms with Gasteiger partial charge >= 0.3 is 0 Å². The minimum absolute atomic E-state index is 0. The number of aliphatic hydroxyl groups is 1. The minimum atomic E-state index is -0.645. The van der Waals surface area contributed by atoms with Crippen molar-refractivity contribution in [3.05, 3.63) is 56.6 Å². The van der Waals surface area contributed by atoms with Crippen molar-refractivity contribution >= 4 is 70.1 Å². The molecule has 0 saturated carbocycles. The van der Waals surface area contributed by atoms with Crippen LogP contribution in [0.4, 0.5) is 0 Å². The molecule has 26 heavy (non-hydrogen) atoms. The van der Waals surface area contributed by atoms with Gasteiger partial charge < -0.3 is 20.1 Å². The number of rotatable bonds is 5. The molecule has 3 aromatic heterocycles. The molecule has 0 radical (unpaired) electrons. The van der Waals surface area contributed by atoms with Crippen molar-refractivity contribution in [2.24, 2.45) is 4.99 Å². The maximum Gasteiger partial charge on any atom is 0.191 e. The van der Waals surface area contributed by atoms with E-state index in [0.717, 1.165) is 16.2 Å². The number of imidazole rings is 1. The zero-order valence-corrected chi connectivity index (χ0v) is 18.5. The van der Waals surface area contributed by atoms with Gasteiger partial charge in [-0.05, 0) is 24.3 Å². The van der Waals surface area contributed by atoms with Crippen molar-refractivity contribution in [3.63, 3.8) is 0 Å². The number of fused-ring (bicyclic) bond motifs is 1. The summed E-state index contributed by atoms with van der Waals surface area (Å²) in [6.45, 7) is 0.831. The highest BCUT2D eigenvalue weighted by Crippen LogP contribution is 2.26. The summed E-state index contributed by atoms with van der Waals surface area (Å²) in [5.74, 6) is 0.580. The van der Waals surface area contributed by atoms with E-state index < -0.39 is 6.10 Å². The van der Waals surface area contributed by atoms with Gasteiger partial charge in [-0.15, -0.1) is 35.3 Å². The molecule has 0 aliphatic carbocycles. The Morgan fingerprint density at radius 2 is 2.08 bits per heavy atom. The highest BCUT2D eigenvalue weighted by molar-refractivity contribution is 14.0. The second-order valence-electron chi connectivity index (χ2n) is 5.31. The summed E-state index contributed by atoms with van der Waals surface area (Å²) in [6.07, 6.45) is 3.07. The quantitative estimate of drug-likeness (QED) is 0.269. The van der Waals surface area contributed by atoms with Gasteiger partial charge in [0.25, 0.3) is 0 Å². The van der Waals surface area contributed by atoms with Crippen molar-refractivity contribution < 1.29 is 5.11 Å². The Hall–Kier alpha value is -1.07. The van der Waals surface area contributed by atoms with Gasteiger partial charge in [-0.1, -0.05) is 23.2 Å². The van der Waals surface area contributed by atoms with Crippen LogP contribution >= 0.6 is 58.5 Å². The molecule has 1 unspecified atom stereocenters. The number of aliphatic hydroxyl groups excluding tert-OH is 1. The number of hydrogen-bond acceptors (Lipinski definition) is 4. The first-order valence-electron chi connectivity index (χ1n) is 7.56. The molecule has 0 bridgehead atoms. The topological polar surface area (TPSA) is 74.0 Å². The van der Waals surface area contributed by atoms with E-state index in [2.05, 4.69) is 20.6 Å². The third-order valence-electron chi connectivity index (χ3n) is 3.51. The molecule has 0 aromatic carbocycles. The van der Waals surface area contributed by atoms with Crippen LogP contribution < -0.4 is 10.6 Å². The number of hydrogen-bond donors (Lipinski definition) is 3. The van der Waals surface area contributed by atoms with Crippen LogP contribution in [0.2, 0.25) is 9.36 Å². The van der Waals surface area contributed by atoms with Crippen LogP contribution in [0.25, 0.3) is 5.65 Å². The van der Waals surface area contributed by atoms with Gasteiger partial charge in [0, 0.05) is 30.9 Å². The summed E-state index contributed by atoms with van der Waals surface area (Å²) in [5, 5.41) is 17.1. The number of aliphatic imine (C=N–C) groups is 1. The van der Waals surface area contributed by atoms with E-state index in [4.69, 9.17) is 23.2 Å². The molecule has 3 aromatic rings. The van der Waals surface area contributed by atoms with E-state index in [9.17, 15) is 5.11 Å². The molecule has 0 fully saturated rings. The second kappa shape index (κ2) is 9.75. The predicted octanol–water partition coefficient (Wildman–Crippen LogP) is 3.72. The summed E-state index contributed by atoms with van der Waals surface area (Å²) in [4.78, 5) is 9.46. The predicted molar refractivity (Wildman–Crippen MR) is 118 cm³/mol. The van der Waals surface area contributed by atoms with Crippen molar-refractivity contribution in [3.8, 4) is 0 Å². The molecular formula is C16H18Cl2IN5OS. The molecule has 3 rings (SSSR count). The molecule has 6 nitrogen and oxygen atoms in total. The number of halogens is 3. The Balaban J connectivity index is 0.00000243. The average Bonchev–Trinajstić information content (AvgIpc) is 3.20. The normalized spacial score (nSPS) is 12.7. The number of pyridine rings is 1. The first kappa shape index (κ1) is 21.2. The molecule has 10 heteroatoms. The third kappa shape index (κ3) is 5.46. The van der Waals surface area contributed by atoms with Crippen molar-refractivity contribution in [2.75, 3.05) is 13.6 Å². The molecule has 0 aliphatic heterocycles. The molecule has 0 aliphatic rings. The monoisotopic (exact) mass is 525 g/mol. The Morgan fingerprint density at radius 3 is 2.77 bits per heavy atom. The number of aromatic nitrogens is 2. The van der Waals surface area contributed by atoms with E-state index in [0.29, 0.717) is 28.4 Å². The van der Waals surface area contributed by atoms with Gasteiger partial charge in [-0.2, -0.15) is 0 Å². The maximum atomic E-state index is 10.2. The lowest BCUT2D eigenvalue weighted by atomic mass is 10.3. The minimum Gasteiger partial charge on any atom is -0.386 e. The fraction of sp³-hybridized carbons (Fsp3) is 0.250. The van der Waals surface area contributed by atoms with Crippen molar-refractivity contribution in [1.29, 1.82) is 0 Å². The number of nitrogens with one attached hydrogen (secondary N) is 2. The molecule has 0 spiro atoms. The Kier molecular flexibility index (Phi) is 7.96. The van der Waals surface area contributed by atoms with Crippen LogP contribution in [-0.2, 0) is 6.54 Å². The summed E-state index contributed by atoms with van der Waals surface area (Å²) in [6, 6.07) is 7.26. The lowest BCUT2D eigenvalue weighted by molar-refractivity contribution is 0.184. The SMILES string of the molecule is CN=C(NCc1cn2cc(Cl)ccc2n1)NCC(O)c1ccc(Cl)s1.I. The Labute approximate surface area is 182 Å². The first-order valence-corrected chi connectivity index (χ1v) is 9.13. The lowest BCUT2D eigenvalue weighted by Crippen LogP contribution is -2.38. The zero-order chi connectivity index (χ0) is 17.8. The highest BCUT2D eigenvalue weighted by Gasteiger charge is 2.11. The molecule has 3 heterocycles. The average molecular weight is 526 g/mol. The smallest absolute Gasteiger partial charge is 0.191 e. The molecule has 3 N–H and O–H groups in total. The Bertz CT molecular complexity index is 898. The zero-order valence-electron chi connectivity index (χ0n) is 13.8. The van der Waals surface area contributed by atoms with Crippen LogP contribution in [0.15, 0.2) is 41.7 Å². The summed E-state index contributed by atoms with van der Waals surface area (Å²) in [5.41, 5.74) is 1.69. The van der Waals surface area contributed by atoms with Crippen LogP contribution in [0.5, 0.6) is 0 Å². The van der Waals surface area contributed by atoms with Crippen LogP contribution in [0.1, 0.15) is 16.7 Å². The molecule has 140 valence electrons. The number of guanidine groups is 1. The van der Waals surface area contributed by atoms with E-state index in [1.54, 1.807) is 19.2 Å². The molecule has 1 atom stereocenters. The van der Waals surface area contributed by atoms with Gasteiger partial charge in [0.15, 0.2) is 5.96 Å². The standard InChI is InChI=1S/C16H17Cl2N5OS.HI/c1-19-16(21-7-12(24)13-3-4-14(18)25-13)20-6-11-9-23-8-10(17)2-5-15(23)22-11;/h2-5,8-9,12,24H,6-7H2,1H3,(H2,19,20,21);1H. The van der Waals surface area contributed by atoms with Crippen LogP contribution in [-0.4, -0.2) is 34.0 Å². The Morgan fingerprint density at radius 1 is 1.27 bits per heavy atom. The fourth-order valence-electron chi connectivity index (χ4n) is 2.30. The summed E-state index contributed by atoms with van der Waals surface area (Å²) >= 11 is 13.2. The highest BCUT2D eigenvalue weighted by atomic mass is 127. The molecular weight excluding hydrogens is 508 g/mol. The van der Waals surface area contributed by atoms with Gasteiger partial charge in [-0.3, -0.25) is 4.99 Å². The van der Waals surface area contributed by atoms with E-state index >= 15 is 0 Å². The lowest BCUT2D eigenvalue weighted by Gasteiger charge is -2.14. The second-order valence-corrected chi connectivity index (χ2v) is 7.49. The molecule has 0 saturated heterocycles. The van der Waals surface area contributed by atoms with Crippen LogP contribution in [0.3, 0.4) is 0 Å². The van der Waals surface area contributed by atoms with E-state index in [-0.39, 0.29) is 24.0 Å². The summed E-state index contributed by atoms with van der Waals surface area (Å²) < 4.78 is 2.53. The third-order valence-corrected chi connectivity index (χ3v) is 5.07. The number of thiophene rings is 1. The van der Waals surface area contributed by atoms with E-state index in [1.165, 1.54) is 11.3 Å². The first-order chi connectivity index (χ1) is 12.0. The van der Waals surface area contributed by atoms with Gasteiger partial charge in [-0.25, -0.2) is 4.98 Å². The van der Waals surface area contributed by atoms with Crippen molar-refractivity contribution in [2.45, 2.75) is 12.6 Å². The maximum absolute atomic E-state index is 10.2.